The van der Waals surface area contributed by atoms with Gasteiger partial charge in [-0.25, -0.2) is 0 Å². The zero-order chi connectivity index (χ0) is 21.6. The number of carbonyl (C=O) groups is 2. The first-order chi connectivity index (χ1) is 15.1. The molecule has 1 aliphatic rings. The number of morpholine rings is 1. The van der Waals surface area contributed by atoms with Crippen LogP contribution in [0.5, 0.6) is 0 Å². The van der Waals surface area contributed by atoms with E-state index in [9.17, 15) is 9.59 Å². The number of amides is 2. The quantitative estimate of drug-likeness (QED) is 0.617. The van der Waals surface area contributed by atoms with Crippen LogP contribution in [0.15, 0.2) is 60.7 Å². The monoisotopic (exact) mass is 437 g/mol. The van der Waals surface area contributed by atoms with Gasteiger partial charge in [-0.2, -0.15) is 0 Å². The molecule has 0 radical (unpaired) electrons. The molecule has 0 spiro atoms. The first-order valence-corrected chi connectivity index (χ1v) is 10.6. The minimum Gasteiger partial charge on any atom is -0.378 e. The number of carbonyl (C=O) groups excluding carboxylic acids is 2. The zero-order valence-electron chi connectivity index (χ0n) is 17.1. The summed E-state index contributed by atoms with van der Waals surface area (Å²) >= 11 is 6.41. The molecule has 1 fully saturated rings. The van der Waals surface area contributed by atoms with E-state index in [1.165, 1.54) is 0 Å². The molecule has 0 atom stereocenters. The van der Waals surface area contributed by atoms with Crippen molar-refractivity contribution in [2.75, 3.05) is 43.1 Å². The van der Waals surface area contributed by atoms with Crippen LogP contribution in [0.2, 0.25) is 5.02 Å². The van der Waals surface area contributed by atoms with Gasteiger partial charge in [-0.3, -0.25) is 9.59 Å². The van der Waals surface area contributed by atoms with Gasteiger partial charge in [0.25, 0.3) is 0 Å². The lowest BCUT2D eigenvalue weighted by Crippen LogP contribution is -2.38. The lowest BCUT2D eigenvalue weighted by Gasteiger charge is -2.31. The van der Waals surface area contributed by atoms with E-state index in [0.717, 1.165) is 22.0 Å². The summed E-state index contributed by atoms with van der Waals surface area (Å²) in [7, 11) is 0. The number of benzene rings is 3. The highest BCUT2D eigenvalue weighted by molar-refractivity contribution is 6.34. The van der Waals surface area contributed by atoms with E-state index in [4.69, 9.17) is 16.3 Å². The molecule has 0 aliphatic carbocycles. The highest BCUT2D eigenvalue weighted by atomic mass is 35.5. The van der Waals surface area contributed by atoms with Gasteiger partial charge in [0.15, 0.2) is 0 Å². The molecular formula is C24H24ClN3O3. The van der Waals surface area contributed by atoms with Gasteiger partial charge in [-0.15, -0.1) is 0 Å². The van der Waals surface area contributed by atoms with Crippen molar-refractivity contribution < 1.29 is 14.3 Å². The van der Waals surface area contributed by atoms with E-state index < -0.39 is 0 Å². The molecule has 0 aromatic heterocycles. The maximum Gasteiger partial charge on any atom is 0.243 e. The molecule has 6 nitrogen and oxygen atoms in total. The Bertz CT molecular complexity index is 1090. The largest absolute Gasteiger partial charge is 0.378 e. The number of fused-ring (bicyclic) bond motifs is 1. The minimum atomic E-state index is -0.303. The van der Waals surface area contributed by atoms with Crippen LogP contribution in [0.3, 0.4) is 0 Å². The number of para-hydroxylation sites is 1. The summed E-state index contributed by atoms with van der Waals surface area (Å²) in [4.78, 5) is 27.1. The third-order valence-electron chi connectivity index (χ3n) is 5.27. The lowest BCUT2D eigenvalue weighted by molar-refractivity contribution is -0.123. The van der Waals surface area contributed by atoms with E-state index >= 15 is 0 Å². The molecule has 4 rings (SSSR count). The van der Waals surface area contributed by atoms with Crippen molar-refractivity contribution in [3.8, 4) is 0 Å². The molecule has 0 saturated carbocycles. The van der Waals surface area contributed by atoms with Crippen molar-refractivity contribution in [2.45, 2.75) is 6.42 Å². The third-order valence-corrected chi connectivity index (χ3v) is 5.57. The van der Waals surface area contributed by atoms with Crippen LogP contribution >= 0.6 is 11.6 Å². The summed E-state index contributed by atoms with van der Waals surface area (Å²) in [6.07, 6.45) is 0.213. The second-order valence-corrected chi connectivity index (χ2v) is 7.78. The second-order valence-electron chi connectivity index (χ2n) is 7.38. The topological polar surface area (TPSA) is 70.7 Å². The predicted octanol–water partition coefficient (Wildman–Crippen LogP) is 3.63. The molecule has 7 heteroatoms. The molecule has 1 heterocycles. The molecule has 1 saturated heterocycles. The Labute approximate surface area is 186 Å². The van der Waals surface area contributed by atoms with Crippen LogP contribution in [-0.4, -0.2) is 44.7 Å². The first kappa shape index (κ1) is 21.2. The Balaban J connectivity index is 1.37. The lowest BCUT2D eigenvalue weighted by atomic mass is 10.0. The standard InChI is InChI=1S/C24H24ClN3O3/c25-20-9-4-10-21(24(20)28-11-13-31-14-12-28)27-23(30)16-26-22(29)15-18-7-3-6-17-5-1-2-8-19(17)18/h1-10H,11-16H2,(H,26,29)(H,27,30). The summed E-state index contributed by atoms with van der Waals surface area (Å²) in [5, 5.41) is 8.28. The number of halogens is 1. The second kappa shape index (κ2) is 9.81. The Morgan fingerprint density at radius 3 is 2.52 bits per heavy atom. The Hall–Kier alpha value is -3.09. The van der Waals surface area contributed by atoms with Crippen molar-refractivity contribution in [3.63, 3.8) is 0 Å². The van der Waals surface area contributed by atoms with Gasteiger partial charge in [0.1, 0.15) is 0 Å². The van der Waals surface area contributed by atoms with Gasteiger partial charge in [0.2, 0.25) is 11.8 Å². The van der Waals surface area contributed by atoms with E-state index in [0.29, 0.717) is 37.0 Å². The zero-order valence-corrected chi connectivity index (χ0v) is 17.8. The summed E-state index contributed by atoms with van der Waals surface area (Å²) in [5.74, 6) is -0.506. The number of nitrogens with zero attached hydrogens (tertiary/aromatic N) is 1. The molecule has 1 aliphatic heterocycles. The molecule has 3 aromatic rings. The van der Waals surface area contributed by atoms with Crippen LogP contribution in [0.1, 0.15) is 5.56 Å². The minimum absolute atomic E-state index is 0.112. The normalized spacial score (nSPS) is 13.8. The summed E-state index contributed by atoms with van der Waals surface area (Å²) in [5.41, 5.74) is 2.34. The van der Waals surface area contributed by atoms with E-state index in [1.807, 2.05) is 48.5 Å². The van der Waals surface area contributed by atoms with Gasteiger partial charge >= 0.3 is 0 Å². The van der Waals surface area contributed by atoms with Crippen LogP contribution in [-0.2, 0) is 20.7 Å². The molecule has 2 amide bonds. The smallest absolute Gasteiger partial charge is 0.243 e. The first-order valence-electron chi connectivity index (χ1n) is 10.3. The number of nitrogens with one attached hydrogen (secondary N) is 2. The summed E-state index contributed by atoms with van der Waals surface area (Å²) in [6.45, 7) is 2.52. The van der Waals surface area contributed by atoms with Gasteiger partial charge in [0.05, 0.1) is 42.6 Å². The number of rotatable bonds is 6. The Morgan fingerprint density at radius 2 is 1.68 bits per heavy atom. The van der Waals surface area contributed by atoms with Crippen LogP contribution in [0, 0.1) is 0 Å². The van der Waals surface area contributed by atoms with Crippen LogP contribution in [0.25, 0.3) is 10.8 Å². The van der Waals surface area contributed by atoms with Crippen molar-refractivity contribution in [2.24, 2.45) is 0 Å². The average molecular weight is 438 g/mol. The molecule has 2 N–H and O–H groups in total. The predicted molar refractivity (Wildman–Crippen MR) is 124 cm³/mol. The van der Waals surface area contributed by atoms with Gasteiger partial charge in [-0.1, -0.05) is 60.1 Å². The average Bonchev–Trinajstić information content (AvgIpc) is 2.79. The number of ether oxygens (including phenoxy) is 1. The number of hydrogen-bond donors (Lipinski definition) is 2. The number of anilines is 2. The Kier molecular flexibility index (Phi) is 6.70. The van der Waals surface area contributed by atoms with Crippen LogP contribution < -0.4 is 15.5 Å². The Morgan fingerprint density at radius 1 is 0.935 bits per heavy atom. The van der Waals surface area contributed by atoms with Crippen LogP contribution in [0.4, 0.5) is 11.4 Å². The maximum atomic E-state index is 12.5. The van der Waals surface area contributed by atoms with Gasteiger partial charge < -0.3 is 20.3 Å². The molecule has 3 aromatic carbocycles. The highest BCUT2D eigenvalue weighted by Crippen LogP contribution is 2.34. The SMILES string of the molecule is O=C(Cc1cccc2ccccc12)NCC(=O)Nc1cccc(Cl)c1N1CCOCC1. The van der Waals surface area contributed by atoms with Gasteiger partial charge in [-0.05, 0) is 28.5 Å². The fourth-order valence-corrected chi connectivity index (χ4v) is 4.07. The van der Waals surface area contributed by atoms with Crippen molar-refractivity contribution >= 4 is 45.6 Å². The van der Waals surface area contributed by atoms with Gasteiger partial charge in [0, 0.05) is 13.1 Å². The fraction of sp³-hybridized carbons (Fsp3) is 0.250. The molecule has 31 heavy (non-hydrogen) atoms. The molecule has 0 unspecified atom stereocenters. The molecule has 0 bridgehead atoms. The van der Waals surface area contributed by atoms with E-state index in [-0.39, 0.29) is 24.8 Å². The third kappa shape index (κ3) is 5.16. The van der Waals surface area contributed by atoms with Crippen molar-refractivity contribution in [3.05, 3.63) is 71.2 Å². The van der Waals surface area contributed by atoms with Crippen molar-refractivity contribution in [1.82, 2.24) is 5.32 Å². The van der Waals surface area contributed by atoms with E-state index in [1.54, 1.807) is 12.1 Å². The van der Waals surface area contributed by atoms with Crippen molar-refractivity contribution in [1.29, 1.82) is 0 Å². The number of hydrogen-bond acceptors (Lipinski definition) is 4. The van der Waals surface area contributed by atoms with E-state index in [2.05, 4.69) is 15.5 Å². The molecular weight excluding hydrogens is 414 g/mol. The summed E-state index contributed by atoms with van der Waals surface area (Å²) in [6, 6.07) is 19.2. The maximum absolute atomic E-state index is 12.5. The highest BCUT2D eigenvalue weighted by Gasteiger charge is 2.19. The molecule has 160 valence electrons. The summed E-state index contributed by atoms with van der Waals surface area (Å²) < 4.78 is 5.40. The fourth-order valence-electron chi connectivity index (χ4n) is 3.78.